The molecule has 0 amide bonds. The number of carbonyl (C=O) groups is 1. The number of carboxylic acid groups (broad SMARTS) is 1. The van der Waals surface area contributed by atoms with Gasteiger partial charge in [0.1, 0.15) is 0 Å². The number of fused-ring (bicyclic) bond motifs is 1. The van der Waals surface area contributed by atoms with Crippen LogP contribution in [0.3, 0.4) is 0 Å². The number of hydrogen-bond donors (Lipinski definition) is 1. The van der Waals surface area contributed by atoms with Gasteiger partial charge >= 0.3 is 5.97 Å². The van der Waals surface area contributed by atoms with Gasteiger partial charge in [0.05, 0.1) is 5.92 Å². The van der Waals surface area contributed by atoms with Crippen LogP contribution in [0.15, 0.2) is 91.0 Å². The van der Waals surface area contributed by atoms with E-state index in [-0.39, 0.29) is 0 Å². The Labute approximate surface area is 154 Å². The maximum atomic E-state index is 11.7. The molecule has 2 nitrogen and oxygen atoms in total. The zero-order chi connectivity index (χ0) is 18.2. The summed E-state index contributed by atoms with van der Waals surface area (Å²) < 4.78 is 0. The summed E-state index contributed by atoms with van der Waals surface area (Å²) in [6.45, 7) is 0. The molecule has 3 rings (SSSR count). The highest BCUT2D eigenvalue weighted by atomic mass is 16.4. The average Bonchev–Trinajstić information content (AvgIpc) is 2.67. The topological polar surface area (TPSA) is 37.3 Å². The van der Waals surface area contributed by atoms with E-state index in [1.165, 1.54) is 0 Å². The van der Waals surface area contributed by atoms with E-state index in [4.69, 9.17) is 0 Å². The van der Waals surface area contributed by atoms with Gasteiger partial charge in [-0.15, -0.1) is 0 Å². The molecule has 0 fully saturated rings. The monoisotopic (exact) mass is 342 g/mol. The molecule has 26 heavy (non-hydrogen) atoms. The Hall–Kier alpha value is -3.13. The number of carboxylic acids is 1. The Morgan fingerprint density at radius 3 is 2.42 bits per heavy atom. The molecule has 3 aromatic rings. The van der Waals surface area contributed by atoms with Crippen molar-refractivity contribution < 1.29 is 9.90 Å². The van der Waals surface area contributed by atoms with Crippen LogP contribution in [0.25, 0.3) is 16.8 Å². The van der Waals surface area contributed by atoms with E-state index in [0.29, 0.717) is 12.8 Å². The fourth-order valence-corrected chi connectivity index (χ4v) is 3.06. The Morgan fingerprint density at radius 1 is 0.885 bits per heavy atom. The minimum atomic E-state index is -0.755. The molecule has 0 aliphatic carbocycles. The molecular weight excluding hydrogens is 320 g/mol. The SMILES string of the molecule is O=C(O)C(CC=CC=Cc1ccccc1)Cc1cccc2ccccc12. The molecule has 1 atom stereocenters. The van der Waals surface area contributed by atoms with Crippen LogP contribution in [0.5, 0.6) is 0 Å². The summed E-state index contributed by atoms with van der Waals surface area (Å²) in [4.78, 5) is 11.7. The highest BCUT2D eigenvalue weighted by Crippen LogP contribution is 2.23. The molecule has 1 N–H and O–H groups in total. The molecular formula is C24H22O2. The molecule has 0 aliphatic rings. The fourth-order valence-electron chi connectivity index (χ4n) is 3.06. The standard InChI is InChI=1S/C24H22O2/c25-24(26)22(14-6-2-5-12-19-10-3-1-4-11-19)18-21-16-9-15-20-13-7-8-17-23(20)21/h1-13,15-17,22H,14,18H2,(H,25,26). The maximum Gasteiger partial charge on any atom is 0.307 e. The maximum absolute atomic E-state index is 11.7. The molecule has 3 aromatic carbocycles. The van der Waals surface area contributed by atoms with E-state index in [9.17, 15) is 9.90 Å². The van der Waals surface area contributed by atoms with Crippen LogP contribution in [-0.4, -0.2) is 11.1 Å². The number of allylic oxidation sites excluding steroid dienone is 3. The van der Waals surface area contributed by atoms with Gasteiger partial charge in [0.2, 0.25) is 0 Å². The predicted molar refractivity (Wildman–Crippen MR) is 108 cm³/mol. The summed E-state index contributed by atoms with van der Waals surface area (Å²) in [5, 5.41) is 11.9. The van der Waals surface area contributed by atoms with Crippen molar-refractivity contribution in [3.8, 4) is 0 Å². The third-order valence-corrected chi connectivity index (χ3v) is 4.45. The number of rotatable bonds is 7. The summed E-state index contributed by atoms with van der Waals surface area (Å²) in [5.74, 6) is -1.18. The molecule has 0 heterocycles. The van der Waals surface area contributed by atoms with Gasteiger partial charge in [-0.1, -0.05) is 97.1 Å². The average molecular weight is 342 g/mol. The molecule has 0 spiro atoms. The van der Waals surface area contributed by atoms with Crippen LogP contribution in [0.2, 0.25) is 0 Å². The van der Waals surface area contributed by atoms with Gasteiger partial charge in [0, 0.05) is 0 Å². The molecule has 0 aliphatic heterocycles. The summed E-state index contributed by atoms with van der Waals surface area (Å²) >= 11 is 0. The first-order chi connectivity index (χ1) is 12.7. The third-order valence-electron chi connectivity index (χ3n) is 4.45. The Balaban J connectivity index is 1.67. The molecule has 0 aromatic heterocycles. The van der Waals surface area contributed by atoms with Gasteiger partial charge in [-0.25, -0.2) is 0 Å². The van der Waals surface area contributed by atoms with E-state index in [2.05, 4.69) is 18.2 Å². The second kappa shape index (κ2) is 8.82. The van der Waals surface area contributed by atoms with Crippen molar-refractivity contribution in [1.82, 2.24) is 0 Å². The highest BCUT2D eigenvalue weighted by molar-refractivity contribution is 5.86. The molecule has 2 heteroatoms. The van der Waals surface area contributed by atoms with Crippen LogP contribution < -0.4 is 0 Å². The normalized spacial score (nSPS) is 12.8. The minimum absolute atomic E-state index is 0.429. The van der Waals surface area contributed by atoms with E-state index in [1.807, 2.05) is 78.9 Å². The first-order valence-corrected chi connectivity index (χ1v) is 8.82. The van der Waals surface area contributed by atoms with Gasteiger partial charge in [0.15, 0.2) is 0 Å². The summed E-state index contributed by atoms with van der Waals surface area (Å²) in [6.07, 6.45) is 8.86. The summed E-state index contributed by atoms with van der Waals surface area (Å²) in [6, 6.07) is 24.2. The molecule has 0 bridgehead atoms. The number of aliphatic carboxylic acids is 1. The minimum Gasteiger partial charge on any atom is -0.481 e. The van der Waals surface area contributed by atoms with Crippen molar-refractivity contribution in [2.75, 3.05) is 0 Å². The van der Waals surface area contributed by atoms with Crippen molar-refractivity contribution in [3.05, 3.63) is 102 Å². The van der Waals surface area contributed by atoms with Crippen molar-refractivity contribution in [1.29, 1.82) is 0 Å². The lowest BCUT2D eigenvalue weighted by molar-refractivity contribution is -0.141. The van der Waals surface area contributed by atoms with E-state index >= 15 is 0 Å². The first kappa shape index (κ1) is 17.7. The van der Waals surface area contributed by atoms with Crippen molar-refractivity contribution >= 4 is 22.8 Å². The molecule has 1 unspecified atom stereocenters. The van der Waals surface area contributed by atoms with Crippen molar-refractivity contribution in [2.24, 2.45) is 5.92 Å². The Morgan fingerprint density at radius 2 is 1.62 bits per heavy atom. The predicted octanol–water partition coefficient (Wildman–Crippen LogP) is 5.74. The van der Waals surface area contributed by atoms with E-state index in [1.54, 1.807) is 0 Å². The van der Waals surface area contributed by atoms with Crippen LogP contribution in [0.4, 0.5) is 0 Å². The molecule has 0 radical (unpaired) electrons. The van der Waals surface area contributed by atoms with Gasteiger partial charge in [-0.3, -0.25) is 4.79 Å². The number of benzene rings is 3. The lowest BCUT2D eigenvalue weighted by Gasteiger charge is -2.12. The zero-order valence-electron chi connectivity index (χ0n) is 14.6. The lowest BCUT2D eigenvalue weighted by Crippen LogP contribution is -2.15. The van der Waals surface area contributed by atoms with Gasteiger partial charge in [-0.2, -0.15) is 0 Å². The van der Waals surface area contributed by atoms with Crippen LogP contribution in [-0.2, 0) is 11.2 Å². The van der Waals surface area contributed by atoms with Crippen molar-refractivity contribution in [3.63, 3.8) is 0 Å². The smallest absolute Gasteiger partial charge is 0.307 e. The second-order valence-corrected chi connectivity index (χ2v) is 6.31. The van der Waals surface area contributed by atoms with Crippen LogP contribution >= 0.6 is 0 Å². The quantitative estimate of drug-likeness (QED) is 0.556. The third kappa shape index (κ3) is 4.70. The van der Waals surface area contributed by atoms with Gasteiger partial charge in [0.25, 0.3) is 0 Å². The molecule has 0 saturated carbocycles. The summed E-state index contributed by atoms with van der Waals surface area (Å²) in [7, 11) is 0. The molecule has 0 saturated heterocycles. The van der Waals surface area contributed by atoms with Gasteiger partial charge in [-0.05, 0) is 34.7 Å². The zero-order valence-corrected chi connectivity index (χ0v) is 14.6. The Kier molecular flexibility index (Phi) is 6.00. The van der Waals surface area contributed by atoms with Gasteiger partial charge < -0.3 is 5.11 Å². The van der Waals surface area contributed by atoms with Crippen LogP contribution in [0.1, 0.15) is 17.5 Å². The number of hydrogen-bond acceptors (Lipinski definition) is 1. The first-order valence-electron chi connectivity index (χ1n) is 8.82. The van der Waals surface area contributed by atoms with E-state index < -0.39 is 11.9 Å². The fraction of sp³-hybridized carbons (Fsp3) is 0.125. The van der Waals surface area contributed by atoms with Crippen molar-refractivity contribution in [2.45, 2.75) is 12.8 Å². The highest BCUT2D eigenvalue weighted by Gasteiger charge is 2.17. The molecule has 130 valence electrons. The Bertz CT molecular complexity index is 918. The van der Waals surface area contributed by atoms with E-state index in [0.717, 1.165) is 21.9 Å². The second-order valence-electron chi connectivity index (χ2n) is 6.31. The largest absolute Gasteiger partial charge is 0.481 e. The lowest BCUT2D eigenvalue weighted by atomic mass is 9.92. The van der Waals surface area contributed by atoms with Crippen LogP contribution in [0, 0.1) is 5.92 Å². The summed E-state index contributed by atoms with van der Waals surface area (Å²) in [5.41, 5.74) is 2.21.